The van der Waals surface area contributed by atoms with Crippen molar-refractivity contribution in [2.24, 2.45) is 0 Å². The molecule has 2 heterocycles. The van der Waals surface area contributed by atoms with Crippen LogP contribution in [0.25, 0.3) is 11.3 Å². The maximum absolute atomic E-state index is 6.30. The molecule has 0 saturated carbocycles. The van der Waals surface area contributed by atoms with Crippen molar-refractivity contribution in [3.05, 3.63) is 54.1 Å². The van der Waals surface area contributed by atoms with Gasteiger partial charge in [-0.1, -0.05) is 55.4 Å². The molecule has 0 bridgehead atoms. The molecule has 1 N–H and O–H groups in total. The van der Waals surface area contributed by atoms with Crippen LogP contribution in [0.1, 0.15) is 31.6 Å². The van der Waals surface area contributed by atoms with Crippen molar-refractivity contribution in [1.29, 1.82) is 0 Å². The Morgan fingerprint density at radius 1 is 1.11 bits per heavy atom. The molecule has 6 nitrogen and oxygen atoms in total. The van der Waals surface area contributed by atoms with Gasteiger partial charge in [-0.3, -0.25) is 0 Å². The lowest BCUT2D eigenvalue weighted by Gasteiger charge is -2.22. The smallest absolute Gasteiger partial charge is 0.247 e. The average Bonchev–Trinajstić information content (AvgIpc) is 2.90. The molecule has 0 aliphatic carbocycles. The first kappa shape index (κ1) is 18.6. The van der Waals surface area contributed by atoms with E-state index in [0.717, 1.165) is 35.4 Å². The van der Waals surface area contributed by atoms with Gasteiger partial charge in [0, 0.05) is 11.3 Å². The third-order valence-electron chi connectivity index (χ3n) is 4.47. The molecule has 0 fully saturated rings. The van der Waals surface area contributed by atoms with Crippen molar-refractivity contribution >= 4 is 17.4 Å². The van der Waals surface area contributed by atoms with E-state index in [0.29, 0.717) is 23.3 Å². The number of nitrogens with one attached hydrogen (secondary N) is 1. The van der Waals surface area contributed by atoms with Crippen LogP contribution in [0.3, 0.4) is 0 Å². The number of anilines is 1. The van der Waals surface area contributed by atoms with Gasteiger partial charge in [0.1, 0.15) is 5.75 Å². The second-order valence-electron chi connectivity index (χ2n) is 6.38. The average molecular weight is 395 g/mol. The van der Waals surface area contributed by atoms with E-state index in [-0.39, 0.29) is 0 Å². The van der Waals surface area contributed by atoms with Crippen LogP contribution in [0, 0.1) is 0 Å². The number of hydrogen-bond acceptors (Lipinski definition) is 7. The van der Waals surface area contributed by atoms with Gasteiger partial charge in [-0.25, -0.2) is 0 Å². The fraction of sp³-hybridized carbons (Fsp3) is 0.286. The molecular formula is C21H22N4O2S. The predicted octanol–water partition coefficient (Wildman–Crippen LogP) is 4.94. The van der Waals surface area contributed by atoms with Gasteiger partial charge in [-0.05, 0) is 30.9 Å². The third-order valence-corrected chi connectivity index (χ3v) is 5.01. The Kier molecular flexibility index (Phi) is 5.62. The fourth-order valence-electron chi connectivity index (χ4n) is 3.03. The first-order chi connectivity index (χ1) is 13.8. The van der Waals surface area contributed by atoms with E-state index in [9.17, 15) is 0 Å². The van der Waals surface area contributed by atoms with Gasteiger partial charge in [-0.2, -0.15) is 4.98 Å². The van der Waals surface area contributed by atoms with Crippen molar-refractivity contribution in [2.75, 3.05) is 18.2 Å². The van der Waals surface area contributed by atoms with Crippen molar-refractivity contribution in [1.82, 2.24) is 15.2 Å². The molecule has 2 aromatic carbocycles. The lowest BCUT2D eigenvalue weighted by molar-refractivity contribution is 0.215. The number of rotatable bonds is 6. The summed E-state index contributed by atoms with van der Waals surface area (Å²) in [7, 11) is 0. The Hall–Kier alpha value is -2.80. The highest BCUT2D eigenvalue weighted by atomic mass is 32.2. The highest BCUT2D eigenvalue weighted by Crippen LogP contribution is 2.40. The van der Waals surface area contributed by atoms with Crippen LogP contribution >= 0.6 is 11.8 Å². The normalized spacial score (nSPS) is 14.9. The predicted molar refractivity (Wildman–Crippen MR) is 111 cm³/mol. The van der Waals surface area contributed by atoms with Gasteiger partial charge in [0.2, 0.25) is 17.3 Å². The van der Waals surface area contributed by atoms with E-state index < -0.39 is 6.23 Å². The maximum atomic E-state index is 6.30. The number of fused-ring (bicyclic) bond motifs is 3. The minimum Gasteiger partial charge on any atom is -0.493 e. The quantitative estimate of drug-likeness (QED) is 0.469. The van der Waals surface area contributed by atoms with E-state index in [1.165, 1.54) is 11.8 Å². The Labute approximate surface area is 168 Å². The number of para-hydroxylation sites is 2. The molecule has 1 aliphatic rings. The van der Waals surface area contributed by atoms with E-state index >= 15 is 0 Å². The summed E-state index contributed by atoms with van der Waals surface area (Å²) >= 11 is 1.43. The van der Waals surface area contributed by atoms with Crippen LogP contribution < -0.4 is 14.8 Å². The van der Waals surface area contributed by atoms with E-state index in [1.807, 2.05) is 54.8 Å². The van der Waals surface area contributed by atoms with Crippen LogP contribution in [-0.2, 0) is 0 Å². The maximum Gasteiger partial charge on any atom is 0.247 e. The largest absolute Gasteiger partial charge is 0.493 e. The molecule has 0 amide bonds. The molecule has 7 heteroatoms. The molecule has 1 atom stereocenters. The molecule has 4 rings (SSSR count). The number of benzene rings is 2. The minimum absolute atomic E-state index is 0.452. The highest BCUT2D eigenvalue weighted by molar-refractivity contribution is 7.98. The highest BCUT2D eigenvalue weighted by Gasteiger charge is 2.27. The summed E-state index contributed by atoms with van der Waals surface area (Å²) in [6.45, 7) is 2.82. The monoisotopic (exact) mass is 394 g/mol. The number of thioether (sulfide) groups is 1. The second-order valence-corrected chi connectivity index (χ2v) is 7.15. The zero-order valence-corrected chi connectivity index (χ0v) is 16.7. The molecule has 0 spiro atoms. The summed E-state index contributed by atoms with van der Waals surface area (Å²) in [5, 5.41) is 12.6. The van der Waals surface area contributed by atoms with Gasteiger partial charge in [0.05, 0.1) is 12.2 Å². The zero-order valence-electron chi connectivity index (χ0n) is 15.9. The summed E-state index contributed by atoms with van der Waals surface area (Å²) in [4.78, 5) is 4.56. The first-order valence-corrected chi connectivity index (χ1v) is 10.6. The Morgan fingerprint density at radius 2 is 1.93 bits per heavy atom. The first-order valence-electron chi connectivity index (χ1n) is 9.33. The van der Waals surface area contributed by atoms with Crippen molar-refractivity contribution in [3.8, 4) is 22.9 Å². The van der Waals surface area contributed by atoms with Crippen LogP contribution in [0.4, 0.5) is 5.69 Å². The molecule has 1 aromatic heterocycles. The van der Waals surface area contributed by atoms with Gasteiger partial charge >= 0.3 is 0 Å². The van der Waals surface area contributed by atoms with Crippen LogP contribution in [0.15, 0.2) is 53.7 Å². The van der Waals surface area contributed by atoms with Crippen LogP contribution in [-0.4, -0.2) is 28.0 Å². The standard InChI is InChI=1S/C21H22N4O2S/c1-3-4-13-26-17-12-8-6-10-15(17)19-22-16-11-7-5-9-14(16)18-20(27-19)23-21(28-2)25-24-18/h5-12,19,22H,3-4,13H2,1-2H3/t19-/m0/s1. The summed E-state index contributed by atoms with van der Waals surface area (Å²) in [6.07, 6.45) is 3.56. The number of nitrogens with zero attached hydrogens (tertiary/aromatic N) is 3. The van der Waals surface area contributed by atoms with E-state index in [2.05, 4.69) is 27.4 Å². The molecule has 144 valence electrons. The Morgan fingerprint density at radius 3 is 2.79 bits per heavy atom. The van der Waals surface area contributed by atoms with E-state index in [1.54, 1.807) is 0 Å². The SMILES string of the molecule is CCCCOc1ccccc1[C@H]1Nc2ccccc2-c2nnc(SC)nc2O1. The lowest BCUT2D eigenvalue weighted by atomic mass is 10.1. The van der Waals surface area contributed by atoms with Crippen LogP contribution in [0.5, 0.6) is 11.6 Å². The molecule has 0 saturated heterocycles. The molecule has 0 radical (unpaired) electrons. The lowest BCUT2D eigenvalue weighted by Crippen LogP contribution is -2.18. The molecule has 3 aromatic rings. The van der Waals surface area contributed by atoms with Gasteiger partial charge in [0.15, 0.2) is 5.69 Å². The molecule has 1 aliphatic heterocycles. The number of ether oxygens (including phenoxy) is 2. The molecule has 28 heavy (non-hydrogen) atoms. The Balaban J connectivity index is 1.76. The minimum atomic E-state index is -0.452. The van der Waals surface area contributed by atoms with Crippen molar-refractivity contribution in [3.63, 3.8) is 0 Å². The van der Waals surface area contributed by atoms with Crippen molar-refractivity contribution < 1.29 is 9.47 Å². The van der Waals surface area contributed by atoms with Gasteiger partial charge < -0.3 is 14.8 Å². The van der Waals surface area contributed by atoms with Crippen LogP contribution in [0.2, 0.25) is 0 Å². The summed E-state index contributed by atoms with van der Waals surface area (Å²) in [5.41, 5.74) is 3.39. The number of aromatic nitrogens is 3. The summed E-state index contributed by atoms with van der Waals surface area (Å²) in [6, 6.07) is 15.9. The summed E-state index contributed by atoms with van der Waals surface area (Å²) in [5.74, 6) is 1.27. The zero-order chi connectivity index (χ0) is 19.3. The van der Waals surface area contributed by atoms with Crippen molar-refractivity contribution in [2.45, 2.75) is 31.1 Å². The molecule has 0 unspecified atom stereocenters. The topological polar surface area (TPSA) is 69.2 Å². The fourth-order valence-corrected chi connectivity index (χ4v) is 3.33. The number of hydrogen-bond donors (Lipinski definition) is 1. The van der Waals surface area contributed by atoms with E-state index in [4.69, 9.17) is 9.47 Å². The number of unbranched alkanes of at least 4 members (excludes halogenated alkanes) is 1. The van der Waals surface area contributed by atoms with Gasteiger partial charge in [0.25, 0.3) is 0 Å². The second kappa shape index (κ2) is 8.48. The Bertz CT molecular complexity index is 967. The third kappa shape index (κ3) is 3.75. The van der Waals surface area contributed by atoms with Gasteiger partial charge in [-0.15, -0.1) is 10.2 Å². The summed E-state index contributed by atoms with van der Waals surface area (Å²) < 4.78 is 12.3. The molecular weight excluding hydrogens is 372 g/mol.